The van der Waals surface area contributed by atoms with E-state index in [-0.39, 0.29) is 5.97 Å². The van der Waals surface area contributed by atoms with E-state index in [1.807, 2.05) is 42.5 Å². The van der Waals surface area contributed by atoms with E-state index >= 15 is 0 Å². The van der Waals surface area contributed by atoms with Crippen molar-refractivity contribution < 1.29 is 14.3 Å². The van der Waals surface area contributed by atoms with E-state index in [1.54, 1.807) is 18.2 Å². The van der Waals surface area contributed by atoms with Crippen LogP contribution in [0.3, 0.4) is 0 Å². The molecule has 0 atom stereocenters. The van der Waals surface area contributed by atoms with Crippen LogP contribution in [0.5, 0.6) is 0 Å². The highest BCUT2D eigenvalue weighted by Crippen LogP contribution is 2.25. The maximum absolute atomic E-state index is 11.8. The number of nitrogens with zero attached hydrogens (tertiary/aromatic N) is 3. The van der Waals surface area contributed by atoms with Gasteiger partial charge in [-0.15, -0.1) is 0 Å². The number of aromatic nitrogens is 2. The molecule has 1 aliphatic rings. The van der Waals surface area contributed by atoms with Crippen LogP contribution in [0.15, 0.2) is 60.7 Å². The Kier molecular flexibility index (Phi) is 5.67. The molecule has 0 bridgehead atoms. The zero-order valence-electron chi connectivity index (χ0n) is 16.2. The lowest BCUT2D eigenvalue weighted by Crippen LogP contribution is -2.37. The molecule has 1 fully saturated rings. The van der Waals surface area contributed by atoms with Crippen LogP contribution in [0.4, 0.5) is 17.5 Å². The summed E-state index contributed by atoms with van der Waals surface area (Å²) in [5, 5.41) is 3.30. The normalized spacial score (nSPS) is 13.8. The van der Waals surface area contributed by atoms with Crippen LogP contribution < -0.4 is 10.2 Å². The Morgan fingerprint density at radius 2 is 1.83 bits per heavy atom. The van der Waals surface area contributed by atoms with Gasteiger partial charge in [0.25, 0.3) is 0 Å². The molecule has 7 nitrogen and oxygen atoms in total. The first kappa shape index (κ1) is 18.9. The zero-order valence-corrected chi connectivity index (χ0v) is 16.2. The monoisotopic (exact) mass is 390 g/mol. The van der Waals surface area contributed by atoms with Gasteiger partial charge in [-0.2, -0.15) is 4.98 Å². The van der Waals surface area contributed by atoms with Gasteiger partial charge < -0.3 is 19.7 Å². The van der Waals surface area contributed by atoms with Gasteiger partial charge in [0.05, 0.1) is 31.6 Å². The van der Waals surface area contributed by atoms with Crippen molar-refractivity contribution in [3.8, 4) is 11.3 Å². The summed E-state index contributed by atoms with van der Waals surface area (Å²) in [6.07, 6.45) is 0. The Hall–Kier alpha value is -3.45. The Labute approximate surface area is 169 Å². The fourth-order valence-electron chi connectivity index (χ4n) is 3.15. The molecule has 4 rings (SSSR count). The van der Waals surface area contributed by atoms with Gasteiger partial charge in [0.15, 0.2) is 0 Å². The summed E-state index contributed by atoms with van der Waals surface area (Å²) in [5.74, 6) is 0.930. The summed E-state index contributed by atoms with van der Waals surface area (Å²) < 4.78 is 10.3. The maximum atomic E-state index is 11.8. The highest BCUT2D eigenvalue weighted by atomic mass is 16.5. The van der Waals surface area contributed by atoms with Crippen molar-refractivity contribution in [2.45, 2.75) is 0 Å². The average molecular weight is 390 g/mol. The fraction of sp³-hybridized carbons (Fsp3) is 0.227. The molecule has 1 aliphatic heterocycles. The summed E-state index contributed by atoms with van der Waals surface area (Å²) in [5.41, 5.74) is 3.06. The summed E-state index contributed by atoms with van der Waals surface area (Å²) in [7, 11) is 1.37. The van der Waals surface area contributed by atoms with Gasteiger partial charge >= 0.3 is 5.97 Å². The van der Waals surface area contributed by atoms with E-state index in [0.29, 0.717) is 30.5 Å². The maximum Gasteiger partial charge on any atom is 0.337 e. The number of methoxy groups -OCH3 is 1. The molecule has 3 aromatic rings. The molecule has 1 aromatic heterocycles. The molecule has 0 spiro atoms. The number of morpholine rings is 1. The number of anilines is 3. The predicted octanol–water partition coefficient (Wildman–Crippen LogP) is 3.51. The third-order valence-electron chi connectivity index (χ3n) is 4.63. The molecule has 29 heavy (non-hydrogen) atoms. The molecule has 0 amide bonds. The van der Waals surface area contributed by atoms with Gasteiger partial charge in [-0.1, -0.05) is 36.4 Å². The van der Waals surface area contributed by atoms with Gasteiger partial charge in [-0.3, -0.25) is 0 Å². The molecule has 148 valence electrons. The third-order valence-corrected chi connectivity index (χ3v) is 4.63. The van der Waals surface area contributed by atoms with Crippen LogP contribution in [0.25, 0.3) is 11.3 Å². The summed E-state index contributed by atoms with van der Waals surface area (Å²) in [4.78, 5) is 23.4. The lowest BCUT2D eigenvalue weighted by atomic mass is 10.1. The smallest absolute Gasteiger partial charge is 0.337 e. The molecule has 0 unspecified atom stereocenters. The summed E-state index contributed by atoms with van der Waals surface area (Å²) in [6, 6.07) is 19.0. The average Bonchev–Trinajstić information content (AvgIpc) is 2.79. The molecule has 2 aromatic carbocycles. The number of ether oxygens (including phenoxy) is 2. The number of esters is 1. The first-order valence-electron chi connectivity index (χ1n) is 9.45. The van der Waals surface area contributed by atoms with Gasteiger partial charge in [0.2, 0.25) is 5.95 Å². The lowest BCUT2D eigenvalue weighted by molar-refractivity contribution is 0.0601. The van der Waals surface area contributed by atoms with Gasteiger partial charge in [-0.05, 0) is 18.2 Å². The summed E-state index contributed by atoms with van der Waals surface area (Å²) >= 11 is 0. The molecule has 1 saturated heterocycles. The second-order valence-electron chi connectivity index (χ2n) is 6.60. The minimum absolute atomic E-state index is 0.379. The van der Waals surface area contributed by atoms with E-state index < -0.39 is 0 Å². The highest BCUT2D eigenvalue weighted by molar-refractivity contribution is 5.90. The van der Waals surface area contributed by atoms with E-state index in [2.05, 4.69) is 10.2 Å². The van der Waals surface area contributed by atoms with Crippen molar-refractivity contribution >= 4 is 23.4 Å². The second-order valence-corrected chi connectivity index (χ2v) is 6.60. The van der Waals surface area contributed by atoms with Crippen LogP contribution >= 0.6 is 0 Å². The molecule has 2 heterocycles. The lowest BCUT2D eigenvalue weighted by Gasteiger charge is -2.27. The number of hydrogen-bond donors (Lipinski definition) is 1. The van der Waals surface area contributed by atoms with E-state index in [9.17, 15) is 4.79 Å². The Morgan fingerprint density at radius 3 is 2.59 bits per heavy atom. The Balaban J connectivity index is 1.69. The summed E-state index contributed by atoms with van der Waals surface area (Å²) in [6.45, 7) is 2.80. The Bertz CT molecular complexity index is 988. The van der Waals surface area contributed by atoms with Crippen molar-refractivity contribution in [3.63, 3.8) is 0 Å². The van der Waals surface area contributed by atoms with E-state index in [4.69, 9.17) is 19.4 Å². The van der Waals surface area contributed by atoms with Crippen LogP contribution in [-0.2, 0) is 9.47 Å². The van der Waals surface area contributed by atoms with Crippen molar-refractivity contribution in [2.75, 3.05) is 43.6 Å². The zero-order chi connectivity index (χ0) is 20.1. The molecular weight excluding hydrogens is 368 g/mol. The number of benzene rings is 2. The minimum Gasteiger partial charge on any atom is -0.465 e. The second kappa shape index (κ2) is 8.70. The van der Waals surface area contributed by atoms with Crippen molar-refractivity contribution in [1.82, 2.24) is 9.97 Å². The number of rotatable bonds is 5. The number of carbonyl (C=O) groups excluding carboxylic acids is 1. The van der Waals surface area contributed by atoms with Gasteiger partial charge in [0, 0.05) is 30.4 Å². The van der Waals surface area contributed by atoms with Gasteiger partial charge in [-0.25, -0.2) is 9.78 Å². The van der Waals surface area contributed by atoms with E-state index in [0.717, 1.165) is 30.0 Å². The third kappa shape index (κ3) is 4.52. The van der Waals surface area contributed by atoms with Crippen molar-refractivity contribution in [1.29, 1.82) is 0 Å². The first-order valence-corrected chi connectivity index (χ1v) is 9.45. The highest BCUT2D eigenvalue weighted by Gasteiger charge is 2.16. The predicted molar refractivity (Wildman–Crippen MR) is 112 cm³/mol. The number of carbonyl (C=O) groups is 1. The van der Waals surface area contributed by atoms with Crippen LogP contribution in [0.2, 0.25) is 0 Å². The van der Waals surface area contributed by atoms with Gasteiger partial charge in [0.1, 0.15) is 5.82 Å². The molecule has 7 heteroatoms. The van der Waals surface area contributed by atoms with Crippen LogP contribution in [0, 0.1) is 0 Å². The molecule has 0 radical (unpaired) electrons. The quantitative estimate of drug-likeness (QED) is 0.668. The Morgan fingerprint density at radius 1 is 1.03 bits per heavy atom. The standard InChI is InChI=1S/C22H22N4O3/c1-28-21(27)17-8-5-9-18(14-17)23-20-15-19(16-6-3-2-4-7-16)24-22(25-20)26-10-12-29-13-11-26/h2-9,14-15H,10-13H2,1H3,(H,23,24,25). The topological polar surface area (TPSA) is 76.6 Å². The largest absolute Gasteiger partial charge is 0.465 e. The van der Waals surface area contributed by atoms with E-state index in [1.165, 1.54) is 7.11 Å². The van der Waals surface area contributed by atoms with Crippen LogP contribution in [-0.4, -0.2) is 49.4 Å². The first-order chi connectivity index (χ1) is 14.2. The molecule has 0 saturated carbocycles. The molecule has 1 N–H and O–H groups in total. The van der Waals surface area contributed by atoms with Crippen molar-refractivity contribution in [2.24, 2.45) is 0 Å². The van der Waals surface area contributed by atoms with Crippen LogP contribution in [0.1, 0.15) is 10.4 Å². The molecule has 0 aliphatic carbocycles. The fourth-order valence-corrected chi connectivity index (χ4v) is 3.15. The number of nitrogens with one attached hydrogen (secondary N) is 1. The SMILES string of the molecule is COC(=O)c1cccc(Nc2cc(-c3ccccc3)nc(N3CCOCC3)n2)c1. The molecular formula is C22H22N4O3. The van der Waals surface area contributed by atoms with Crippen molar-refractivity contribution in [3.05, 3.63) is 66.2 Å². The minimum atomic E-state index is -0.379. The number of hydrogen-bond acceptors (Lipinski definition) is 7.